The number of hydrogen-bond donors (Lipinski definition) is 1. The third-order valence-corrected chi connectivity index (χ3v) is 4.29. The average Bonchev–Trinajstić information content (AvgIpc) is 3.06. The molecule has 0 saturated carbocycles. The van der Waals surface area contributed by atoms with Crippen molar-refractivity contribution in [1.29, 1.82) is 0 Å². The van der Waals surface area contributed by atoms with Crippen LogP contribution in [0.15, 0.2) is 48.8 Å². The number of carbonyl (C=O) groups is 1. The van der Waals surface area contributed by atoms with Gasteiger partial charge in [-0.1, -0.05) is 44.2 Å². The Balaban J connectivity index is 1.82. The molecule has 1 fully saturated rings. The summed E-state index contributed by atoms with van der Waals surface area (Å²) in [6, 6.07) is 11.9. The van der Waals surface area contributed by atoms with Crippen LogP contribution < -0.4 is 5.32 Å². The van der Waals surface area contributed by atoms with Gasteiger partial charge in [-0.25, -0.2) is 0 Å². The van der Waals surface area contributed by atoms with Crippen molar-refractivity contribution >= 4 is 11.6 Å². The summed E-state index contributed by atoms with van der Waals surface area (Å²) >= 11 is 0. The minimum absolute atomic E-state index is 0.00755. The number of benzene rings is 1. The highest BCUT2D eigenvalue weighted by Gasteiger charge is 2.36. The molecule has 4 heteroatoms. The third kappa shape index (κ3) is 3.42. The number of hydrogen-bond acceptors (Lipinski definition) is 3. The second-order valence-corrected chi connectivity index (χ2v) is 6.25. The van der Waals surface area contributed by atoms with E-state index in [0.717, 1.165) is 23.2 Å². The summed E-state index contributed by atoms with van der Waals surface area (Å²) in [7, 11) is 0. The summed E-state index contributed by atoms with van der Waals surface area (Å²) in [5, 5.41) is 3.05. The highest BCUT2D eigenvalue weighted by Crippen LogP contribution is 2.31. The normalized spacial score (nSPS) is 20.7. The Kier molecular flexibility index (Phi) is 4.72. The Bertz CT molecular complexity index is 670. The van der Waals surface area contributed by atoms with Crippen molar-refractivity contribution < 1.29 is 9.53 Å². The fourth-order valence-electron chi connectivity index (χ4n) is 3.14. The summed E-state index contributed by atoms with van der Waals surface area (Å²) in [6.07, 6.45) is 4.22. The first-order chi connectivity index (χ1) is 11.2. The van der Waals surface area contributed by atoms with Gasteiger partial charge in [-0.05, 0) is 24.0 Å². The molecule has 1 aliphatic heterocycles. The third-order valence-electron chi connectivity index (χ3n) is 4.29. The van der Waals surface area contributed by atoms with E-state index in [0.29, 0.717) is 12.5 Å². The van der Waals surface area contributed by atoms with Gasteiger partial charge in [0.15, 0.2) is 0 Å². The number of nitrogens with one attached hydrogen (secondary N) is 1. The molecule has 23 heavy (non-hydrogen) atoms. The molecule has 4 nitrogen and oxygen atoms in total. The minimum Gasteiger partial charge on any atom is -0.377 e. The molecular weight excluding hydrogens is 288 g/mol. The lowest BCUT2D eigenvalue weighted by Gasteiger charge is -2.21. The number of amides is 1. The van der Waals surface area contributed by atoms with E-state index in [4.69, 9.17) is 4.74 Å². The van der Waals surface area contributed by atoms with E-state index in [1.807, 2.05) is 36.4 Å². The van der Waals surface area contributed by atoms with Crippen LogP contribution in [0.2, 0.25) is 0 Å². The Morgan fingerprint density at radius 1 is 1.26 bits per heavy atom. The molecule has 2 heterocycles. The van der Waals surface area contributed by atoms with Crippen LogP contribution in [0.25, 0.3) is 11.1 Å². The number of ether oxygens (including phenoxy) is 1. The van der Waals surface area contributed by atoms with E-state index in [1.54, 1.807) is 12.4 Å². The molecule has 1 aromatic carbocycles. The quantitative estimate of drug-likeness (QED) is 0.935. The van der Waals surface area contributed by atoms with E-state index in [-0.39, 0.29) is 17.9 Å². The number of rotatable bonds is 4. The maximum Gasteiger partial charge on any atom is 0.230 e. The van der Waals surface area contributed by atoms with Gasteiger partial charge in [-0.3, -0.25) is 9.78 Å². The molecule has 1 amide bonds. The van der Waals surface area contributed by atoms with E-state index in [2.05, 4.69) is 24.1 Å². The molecule has 0 aliphatic carbocycles. The SMILES string of the molecule is CC(C)[C@@H]1OCC[C@H]1C(=O)Nc1cnccc1-c1ccccc1. The Morgan fingerprint density at radius 3 is 2.78 bits per heavy atom. The summed E-state index contributed by atoms with van der Waals surface area (Å²) in [4.78, 5) is 16.9. The van der Waals surface area contributed by atoms with Gasteiger partial charge >= 0.3 is 0 Å². The number of carbonyl (C=O) groups excluding carboxylic acids is 1. The van der Waals surface area contributed by atoms with E-state index < -0.39 is 0 Å². The predicted molar refractivity (Wildman–Crippen MR) is 91.0 cm³/mol. The molecule has 1 N–H and O–H groups in total. The summed E-state index contributed by atoms with van der Waals surface area (Å²) in [5.74, 6) is 0.251. The molecule has 1 aromatic heterocycles. The molecule has 0 radical (unpaired) electrons. The maximum absolute atomic E-state index is 12.7. The fraction of sp³-hybridized carbons (Fsp3) is 0.368. The number of nitrogens with zero attached hydrogens (tertiary/aromatic N) is 1. The van der Waals surface area contributed by atoms with Gasteiger partial charge in [-0.2, -0.15) is 0 Å². The molecule has 3 rings (SSSR count). The van der Waals surface area contributed by atoms with Gasteiger partial charge in [0.05, 0.1) is 23.9 Å². The van der Waals surface area contributed by atoms with Crippen LogP contribution in [0, 0.1) is 11.8 Å². The van der Waals surface area contributed by atoms with Crippen molar-refractivity contribution in [3.8, 4) is 11.1 Å². The summed E-state index contributed by atoms with van der Waals surface area (Å²) < 4.78 is 5.72. The topological polar surface area (TPSA) is 51.2 Å². The number of aromatic nitrogens is 1. The minimum atomic E-state index is -0.0983. The van der Waals surface area contributed by atoms with E-state index in [1.165, 1.54) is 0 Å². The van der Waals surface area contributed by atoms with Gasteiger partial charge in [0.25, 0.3) is 0 Å². The van der Waals surface area contributed by atoms with Gasteiger partial charge in [0.2, 0.25) is 5.91 Å². The molecule has 2 aromatic rings. The molecule has 1 aliphatic rings. The molecule has 120 valence electrons. The first-order valence-electron chi connectivity index (χ1n) is 8.08. The second-order valence-electron chi connectivity index (χ2n) is 6.25. The van der Waals surface area contributed by atoms with Crippen molar-refractivity contribution in [3.05, 3.63) is 48.8 Å². The maximum atomic E-state index is 12.7. The molecule has 1 saturated heterocycles. The fourth-order valence-corrected chi connectivity index (χ4v) is 3.14. The van der Waals surface area contributed by atoms with Crippen molar-refractivity contribution in [2.45, 2.75) is 26.4 Å². The molecule has 0 unspecified atom stereocenters. The van der Waals surface area contributed by atoms with Gasteiger partial charge in [-0.15, -0.1) is 0 Å². The lowest BCUT2D eigenvalue weighted by atomic mass is 9.92. The predicted octanol–water partition coefficient (Wildman–Crippen LogP) is 3.75. The summed E-state index contributed by atoms with van der Waals surface area (Å²) in [5.41, 5.74) is 2.79. The zero-order chi connectivity index (χ0) is 16.2. The second kappa shape index (κ2) is 6.92. The Hall–Kier alpha value is -2.20. The monoisotopic (exact) mass is 310 g/mol. The molecule has 0 bridgehead atoms. The first kappa shape index (κ1) is 15.7. The zero-order valence-corrected chi connectivity index (χ0v) is 13.5. The zero-order valence-electron chi connectivity index (χ0n) is 13.5. The highest BCUT2D eigenvalue weighted by atomic mass is 16.5. The number of anilines is 1. The molecule has 0 spiro atoms. The average molecular weight is 310 g/mol. The van der Waals surface area contributed by atoms with Crippen molar-refractivity contribution in [3.63, 3.8) is 0 Å². The largest absolute Gasteiger partial charge is 0.377 e. The van der Waals surface area contributed by atoms with Gasteiger partial charge in [0.1, 0.15) is 0 Å². The lowest BCUT2D eigenvalue weighted by molar-refractivity contribution is -0.122. The van der Waals surface area contributed by atoms with Crippen molar-refractivity contribution in [2.75, 3.05) is 11.9 Å². The Labute approximate surface area is 136 Å². The molecular formula is C19H22N2O2. The van der Waals surface area contributed by atoms with Crippen molar-refractivity contribution in [2.24, 2.45) is 11.8 Å². The van der Waals surface area contributed by atoms with Crippen molar-refractivity contribution in [1.82, 2.24) is 4.98 Å². The van der Waals surface area contributed by atoms with E-state index >= 15 is 0 Å². The summed E-state index contributed by atoms with van der Waals surface area (Å²) in [6.45, 7) is 4.84. The first-order valence-corrected chi connectivity index (χ1v) is 8.08. The van der Waals surface area contributed by atoms with Crippen LogP contribution in [0.4, 0.5) is 5.69 Å². The molecule has 2 atom stereocenters. The van der Waals surface area contributed by atoms with Gasteiger partial charge < -0.3 is 10.1 Å². The van der Waals surface area contributed by atoms with Gasteiger partial charge in [0, 0.05) is 18.4 Å². The number of pyridine rings is 1. The lowest BCUT2D eigenvalue weighted by Crippen LogP contribution is -2.33. The Morgan fingerprint density at radius 2 is 2.04 bits per heavy atom. The smallest absolute Gasteiger partial charge is 0.230 e. The van der Waals surface area contributed by atoms with Crippen LogP contribution >= 0.6 is 0 Å². The highest BCUT2D eigenvalue weighted by molar-refractivity contribution is 5.96. The van der Waals surface area contributed by atoms with Crippen LogP contribution in [0.3, 0.4) is 0 Å². The van der Waals surface area contributed by atoms with Crippen LogP contribution in [0.5, 0.6) is 0 Å². The van der Waals surface area contributed by atoms with Crippen LogP contribution in [-0.4, -0.2) is 23.6 Å². The van der Waals surface area contributed by atoms with Crippen LogP contribution in [0.1, 0.15) is 20.3 Å². The van der Waals surface area contributed by atoms with E-state index in [9.17, 15) is 4.79 Å². The standard InChI is InChI=1S/C19H22N2O2/c1-13(2)18-16(9-11-23-18)19(22)21-17-12-20-10-8-15(17)14-6-4-3-5-7-14/h3-8,10,12-13,16,18H,9,11H2,1-2H3,(H,21,22)/t16-,18+/m1/s1. The van der Waals surface area contributed by atoms with Crippen LogP contribution in [-0.2, 0) is 9.53 Å².